The van der Waals surface area contributed by atoms with E-state index in [0.717, 1.165) is 12.0 Å². The Hall–Kier alpha value is -3.90. The first-order valence-electron chi connectivity index (χ1n) is 13.4. The maximum atomic E-state index is 13.4. The van der Waals surface area contributed by atoms with E-state index in [1.165, 1.54) is 0 Å². The van der Waals surface area contributed by atoms with Crippen molar-refractivity contribution >= 4 is 29.2 Å². The zero-order valence-corrected chi connectivity index (χ0v) is 22.6. The first-order chi connectivity index (χ1) is 19.5. The molecule has 0 saturated carbocycles. The number of hydrogen-bond donors (Lipinski definition) is 2. The number of benzene rings is 1. The van der Waals surface area contributed by atoms with Crippen LogP contribution in [-0.4, -0.2) is 88.3 Å². The number of amides is 2. The molecule has 3 aromatic rings. The molecule has 12 nitrogen and oxygen atoms in total. The molecule has 6 rings (SSSR count). The van der Waals surface area contributed by atoms with Crippen molar-refractivity contribution in [3.8, 4) is 23.1 Å². The van der Waals surface area contributed by atoms with Crippen LogP contribution in [0.1, 0.15) is 24.8 Å². The number of hydrogen-bond acceptors (Lipinski definition) is 9. The van der Waals surface area contributed by atoms with Crippen molar-refractivity contribution in [3.05, 3.63) is 47.4 Å². The number of carbonyl (C=O) groups excluding carboxylic acids is 2. The number of aromatic nitrogens is 4. The van der Waals surface area contributed by atoms with E-state index >= 15 is 0 Å². The second-order valence-electron chi connectivity index (χ2n) is 9.90. The highest BCUT2D eigenvalue weighted by Gasteiger charge is 2.37. The molecule has 2 unspecified atom stereocenters. The molecule has 2 atom stereocenters. The zero-order valence-electron chi connectivity index (χ0n) is 21.8. The summed E-state index contributed by atoms with van der Waals surface area (Å²) >= 11 is 6.33. The molecule has 0 bridgehead atoms. The third-order valence-corrected chi connectivity index (χ3v) is 7.40. The molecule has 2 saturated heterocycles. The van der Waals surface area contributed by atoms with Crippen LogP contribution in [0.5, 0.6) is 11.5 Å². The van der Waals surface area contributed by atoms with E-state index < -0.39 is 6.10 Å². The molecule has 2 fully saturated rings. The number of aromatic amines is 1. The lowest BCUT2D eigenvalue weighted by molar-refractivity contribution is -0.144. The highest BCUT2D eigenvalue weighted by Crippen LogP contribution is 2.31. The fraction of sp³-hybridized carbons (Fsp3) is 0.444. The van der Waals surface area contributed by atoms with Crippen LogP contribution in [0.4, 0.5) is 5.82 Å². The van der Waals surface area contributed by atoms with Gasteiger partial charge in [0.2, 0.25) is 5.91 Å². The minimum absolute atomic E-state index is 0.0706. The predicted molar refractivity (Wildman–Crippen MR) is 145 cm³/mol. The lowest BCUT2D eigenvalue weighted by atomic mass is 10.1. The number of rotatable bonds is 7. The van der Waals surface area contributed by atoms with E-state index in [9.17, 15) is 9.59 Å². The van der Waals surface area contributed by atoms with E-state index in [0.29, 0.717) is 81.4 Å². The van der Waals surface area contributed by atoms with Gasteiger partial charge in [-0.1, -0.05) is 17.7 Å². The molecule has 1 aromatic carbocycles. The molecule has 13 heteroatoms. The molecule has 2 aromatic heterocycles. The normalized spacial score (nSPS) is 20.4. The number of halogens is 1. The summed E-state index contributed by atoms with van der Waals surface area (Å²) in [5.41, 5.74) is 0.899. The quantitative estimate of drug-likeness (QED) is 0.412. The Kier molecular flexibility index (Phi) is 7.69. The largest absolute Gasteiger partial charge is 0.486 e. The van der Waals surface area contributed by atoms with Gasteiger partial charge in [-0.2, -0.15) is 0 Å². The van der Waals surface area contributed by atoms with Gasteiger partial charge in [-0.05, 0) is 30.5 Å². The number of carbonyl (C=O) groups is 2. The first-order valence-corrected chi connectivity index (χ1v) is 13.8. The van der Waals surface area contributed by atoms with Gasteiger partial charge in [-0.25, -0.2) is 15.0 Å². The SMILES string of the molecule is O=C(CC1CN(c2cc(Cl)nc(-c3ncc[nH]3)n2)CCN1C(=O)C1CCCO1)NCc1ccc2c(c1)OCCO2. The Balaban J connectivity index is 1.17. The van der Waals surface area contributed by atoms with E-state index in [4.69, 9.17) is 25.8 Å². The van der Waals surface area contributed by atoms with Gasteiger partial charge in [-0.3, -0.25) is 9.59 Å². The lowest BCUT2D eigenvalue weighted by Gasteiger charge is -2.42. The first kappa shape index (κ1) is 26.3. The second kappa shape index (κ2) is 11.7. The molecule has 3 aliphatic heterocycles. The summed E-state index contributed by atoms with van der Waals surface area (Å²) in [7, 11) is 0. The number of piperazine rings is 1. The van der Waals surface area contributed by atoms with Gasteiger partial charge in [-0.15, -0.1) is 0 Å². The van der Waals surface area contributed by atoms with Gasteiger partial charge in [0.05, 0.1) is 6.04 Å². The zero-order chi connectivity index (χ0) is 27.5. The van der Waals surface area contributed by atoms with Gasteiger partial charge in [0.1, 0.15) is 30.3 Å². The fourth-order valence-corrected chi connectivity index (χ4v) is 5.41. The average molecular weight is 568 g/mol. The van der Waals surface area contributed by atoms with Crippen LogP contribution in [0, 0.1) is 0 Å². The topological polar surface area (TPSA) is 135 Å². The van der Waals surface area contributed by atoms with E-state index in [1.54, 1.807) is 23.4 Å². The van der Waals surface area contributed by atoms with Gasteiger partial charge < -0.3 is 34.3 Å². The minimum Gasteiger partial charge on any atom is -0.486 e. The van der Waals surface area contributed by atoms with Crippen molar-refractivity contribution in [3.63, 3.8) is 0 Å². The van der Waals surface area contributed by atoms with Crippen LogP contribution in [0.3, 0.4) is 0 Å². The number of nitrogens with zero attached hydrogens (tertiary/aromatic N) is 5. The molecule has 210 valence electrons. The molecule has 2 N–H and O–H groups in total. The molecule has 0 radical (unpaired) electrons. The molecule has 2 amide bonds. The van der Waals surface area contributed by atoms with E-state index in [-0.39, 0.29) is 29.4 Å². The van der Waals surface area contributed by atoms with Crippen molar-refractivity contribution in [2.45, 2.75) is 38.0 Å². The summed E-state index contributed by atoms with van der Waals surface area (Å²) < 4.78 is 16.9. The maximum absolute atomic E-state index is 13.4. The van der Waals surface area contributed by atoms with Crippen molar-refractivity contribution in [2.75, 3.05) is 44.4 Å². The van der Waals surface area contributed by atoms with E-state index in [2.05, 4.69) is 25.3 Å². The third kappa shape index (κ3) is 5.82. The van der Waals surface area contributed by atoms with Gasteiger partial charge >= 0.3 is 0 Å². The predicted octanol–water partition coefficient (Wildman–Crippen LogP) is 2.19. The molecular formula is C27H30ClN7O5. The Morgan fingerprint density at radius 2 is 1.98 bits per heavy atom. The number of nitrogens with one attached hydrogen (secondary N) is 2. The number of fused-ring (bicyclic) bond motifs is 1. The van der Waals surface area contributed by atoms with Crippen molar-refractivity contribution < 1.29 is 23.8 Å². The minimum atomic E-state index is -0.464. The molecule has 0 aliphatic carbocycles. The van der Waals surface area contributed by atoms with Crippen molar-refractivity contribution in [1.82, 2.24) is 30.2 Å². The number of anilines is 1. The van der Waals surface area contributed by atoms with Crippen LogP contribution in [0.2, 0.25) is 5.15 Å². The Labute approximate surface area is 236 Å². The van der Waals surface area contributed by atoms with Crippen molar-refractivity contribution in [1.29, 1.82) is 0 Å². The Morgan fingerprint density at radius 1 is 1.10 bits per heavy atom. The van der Waals surface area contributed by atoms with Crippen LogP contribution in [-0.2, 0) is 20.9 Å². The molecule has 3 aliphatic rings. The molecule has 40 heavy (non-hydrogen) atoms. The summed E-state index contributed by atoms with van der Waals surface area (Å²) in [4.78, 5) is 46.5. The Bertz CT molecular complexity index is 1370. The highest BCUT2D eigenvalue weighted by atomic mass is 35.5. The van der Waals surface area contributed by atoms with E-state index in [1.807, 2.05) is 23.1 Å². The second-order valence-corrected chi connectivity index (χ2v) is 10.3. The summed E-state index contributed by atoms with van der Waals surface area (Å²) in [6.45, 7) is 3.28. The monoisotopic (exact) mass is 567 g/mol. The van der Waals surface area contributed by atoms with Crippen LogP contribution in [0.25, 0.3) is 11.6 Å². The van der Waals surface area contributed by atoms with Gasteiger partial charge in [0.25, 0.3) is 5.91 Å². The Morgan fingerprint density at radius 3 is 2.77 bits per heavy atom. The maximum Gasteiger partial charge on any atom is 0.252 e. The third-order valence-electron chi connectivity index (χ3n) is 7.20. The lowest BCUT2D eigenvalue weighted by Crippen LogP contribution is -2.58. The summed E-state index contributed by atoms with van der Waals surface area (Å²) in [6, 6.07) is 6.93. The standard InChI is InChI=1S/C27H30ClN7O5/c28-22-14-23(33-26(32-22)25-29-5-6-30-25)34-7-8-35(27(37)20-2-1-9-38-20)18(16-34)13-24(36)31-15-17-3-4-19-21(12-17)40-11-10-39-19/h3-6,12,14,18,20H,1-2,7-11,13,15-16H2,(H,29,30)(H,31,36). The summed E-state index contributed by atoms with van der Waals surface area (Å²) in [5.74, 6) is 2.63. The van der Waals surface area contributed by atoms with Crippen molar-refractivity contribution in [2.24, 2.45) is 0 Å². The van der Waals surface area contributed by atoms with Gasteiger partial charge in [0.15, 0.2) is 23.1 Å². The van der Waals surface area contributed by atoms with Crippen LogP contribution >= 0.6 is 11.6 Å². The summed E-state index contributed by atoms with van der Waals surface area (Å²) in [6.07, 6.45) is 4.52. The smallest absolute Gasteiger partial charge is 0.252 e. The molecule has 0 spiro atoms. The fourth-order valence-electron chi connectivity index (χ4n) is 5.23. The van der Waals surface area contributed by atoms with Crippen LogP contribution < -0.4 is 19.7 Å². The number of ether oxygens (including phenoxy) is 3. The average Bonchev–Trinajstić information content (AvgIpc) is 3.71. The van der Waals surface area contributed by atoms with Gasteiger partial charge in [0, 0.05) is 57.7 Å². The number of imidazole rings is 1. The number of H-pyrrole nitrogens is 1. The molecule has 5 heterocycles. The van der Waals surface area contributed by atoms with Crippen LogP contribution in [0.15, 0.2) is 36.7 Å². The summed E-state index contributed by atoms with van der Waals surface area (Å²) in [5, 5.41) is 3.27. The molecular weight excluding hydrogens is 538 g/mol. The highest BCUT2D eigenvalue weighted by molar-refractivity contribution is 6.29.